The third-order valence-electron chi connectivity index (χ3n) is 4.93. The molecule has 1 amide bonds. The van der Waals surface area contributed by atoms with E-state index in [-0.39, 0.29) is 34.9 Å². The van der Waals surface area contributed by atoms with Crippen molar-refractivity contribution in [3.63, 3.8) is 0 Å². The van der Waals surface area contributed by atoms with E-state index in [1.165, 1.54) is 35.5 Å². The summed E-state index contributed by atoms with van der Waals surface area (Å²) in [6.45, 7) is 2.98. The number of hydrogen-bond acceptors (Lipinski definition) is 6. The number of likely N-dealkylation sites (tertiary alicyclic amines) is 1. The molecule has 140 valence electrons. The van der Waals surface area contributed by atoms with Crippen LogP contribution in [-0.4, -0.2) is 53.4 Å². The summed E-state index contributed by atoms with van der Waals surface area (Å²) < 4.78 is 28.0. The Bertz CT molecular complexity index is 962. The number of carbonyl (C=O) groups excluding carboxylic acids is 1. The van der Waals surface area contributed by atoms with Crippen LogP contribution in [0, 0.1) is 5.92 Å². The van der Waals surface area contributed by atoms with Gasteiger partial charge in [0, 0.05) is 31.4 Å². The minimum Gasteiger partial charge on any atom is -0.337 e. The van der Waals surface area contributed by atoms with Gasteiger partial charge in [0.25, 0.3) is 18.1 Å². The van der Waals surface area contributed by atoms with Crippen molar-refractivity contribution in [1.29, 1.82) is 0 Å². The molecule has 0 aromatic carbocycles. The molecule has 0 bridgehead atoms. The highest BCUT2D eigenvalue weighted by Gasteiger charge is 2.33. The van der Waals surface area contributed by atoms with Gasteiger partial charge in [-0.05, 0) is 18.4 Å². The van der Waals surface area contributed by atoms with Crippen molar-refractivity contribution in [3.05, 3.63) is 48.1 Å². The van der Waals surface area contributed by atoms with E-state index in [1.807, 2.05) is 6.92 Å². The molecule has 3 aromatic heterocycles. The van der Waals surface area contributed by atoms with E-state index >= 15 is 0 Å². The number of halogens is 2. The largest absolute Gasteiger partial charge is 0.337 e. The lowest BCUT2D eigenvalue weighted by molar-refractivity contribution is 0.0659. The SMILES string of the molecule is C[C@@H]1CCN(C(=O)c2cnccn2)C[C@H]1c1cc(C(F)F)nc2ncnn12. The van der Waals surface area contributed by atoms with Gasteiger partial charge in [0.05, 0.1) is 11.9 Å². The van der Waals surface area contributed by atoms with E-state index in [4.69, 9.17) is 0 Å². The zero-order valence-corrected chi connectivity index (χ0v) is 14.5. The normalized spacial score (nSPS) is 20.4. The van der Waals surface area contributed by atoms with Gasteiger partial charge in [-0.3, -0.25) is 9.78 Å². The first-order valence-corrected chi connectivity index (χ1v) is 8.58. The van der Waals surface area contributed by atoms with Crippen molar-refractivity contribution in [3.8, 4) is 0 Å². The van der Waals surface area contributed by atoms with Crippen LogP contribution in [0.3, 0.4) is 0 Å². The monoisotopic (exact) mass is 373 g/mol. The van der Waals surface area contributed by atoms with Crippen LogP contribution < -0.4 is 0 Å². The first kappa shape index (κ1) is 17.4. The highest BCUT2D eigenvalue weighted by Crippen LogP contribution is 2.34. The third-order valence-corrected chi connectivity index (χ3v) is 4.93. The Hall–Kier alpha value is -3.04. The number of amides is 1. The second kappa shape index (κ2) is 6.93. The Morgan fingerprint density at radius 1 is 1.30 bits per heavy atom. The molecule has 0 N–H and O–H groups in total. The summed E-state index contributed by atoms with van der Waals surface area (Å²) in [4.78, 5) is 30.2. The van der Waals surface area contributed by atoms with Crippen molar-refractivity contribution < 1.29 is 13.6 Å². The summed E-state index contributed by atoms with van der Waals surface area (Å²) >= 11 is 0. The molecule has 27 heavy (non-hydrogen) atoms. The van der Waals surface area contributed by atoms with Gasteiger partial charge in [-0.2, -0.15) is 10.1 Å². The molecule has 10 heteroatoms. The number of piperidine rings is 1. The Morgan fingerprint density at radius 3 is 2.89 bits per heavy atom. The number of nitrogens with zero attached hydrogens (tertiary/aromatic N) is 7. The van der Waals surface area contributed by atoms with Crippen LogP contribution >= 0.6 is 0 Å². The second-order valence-electron chi connectivity index (χ2n) is 6.59. The van der Waals surface area contributed by atoms with E-state index in [1.54, 1.807) is 4.90 Å². The standard InChI is InChI=1S/C17H17F2N7O/c1-10-2-5-25(16(27)13-7-20-3-4-21-13)8-11(10)14-6-12(15(18)19)24-17-22-9-23-26(14)17/h3-4,6-7,9-11,15H,2,5,8H2,1H3/t10-,11-/m1/s1. The molecule has 0 spiro atoms. The van der Waals surface area contributed by atoms with Crippen molar-refractivity contribution >= 4 is 11.7 Å². The summed E-state index contributed by atoms with van der Waals surface area (Å²) in [6, 6.07) is 1.36. The Balaban J connectivity index is 1.69. The average molecular weight is 373 g/mol. The molecule has 4 heterocycles. The molecule has 4 rings (SSSR count). The first-order chi connectivity index (χ1) is 13.0. The van der Waals surface area contributed by atoms with Crippen molar-refractivity contribution in [1.82, 2.24) is 34.4 Å². The van der Waals surface area contributed by atoms with E-state index in [0.717, 1.165) is 6.42 Å². The van der Waals surface area contributed by atoms with Crippen LogP contribution in [0.1, 0.15) is 47.6 Å². The molecule has 0 unspecified atom stereocenters. The van der Waals surface area contributed by atoms with Gasteiger partial charge in [-0.25, -0.2) is 23.3 Å². The highest BCUT2D eigenvalue weighted by molar-refractivity contribution is 5.92. The van der Waals surface area contributed by atoms with Gasteiger partial charge in [-0.1, -0.05) is 6.92 Å². The number of hydrogen-bond donors (Lipinski definition) is 0. The molecule has 1 fully saturated rings. The molecular weight excluding hydrogens is 356 g/mol. The number of rotatable bonds is 3. The molecular formula is C17H17F2N7O. The predicted octanol–water partition coefficient (Wildman–Crippen LogP) is 2.12. The van der Waals surface area contributed by atoms with Crippen molar-refractivity contribution in [2.75, 3.05) is 13.1 Å². The second-order valence-corrected chi connectivity index (χ2v) is 6.59. The maximum atomic E-state index is 13.3. The topological polar surface area (TPSA) is 89.2 Å². The molecule has 1 saturated heterocycles. The van der Waals surface area contributed by atoms with E-state index in [9.17, 15) is 13.6 Å². The quantitative estimate of drug-likeness (QED) is 0.699. The van der Waals surface area contributed by atoms with E-state index < -0.39 is 6.43 Å². The smallest absolute Gasteiger partial charge is 0.280 e. The molecule has 8 nitrogen and oxygen atoms in total. The predicted molar refractivity (Wildman–Crippen MR) is 90.2 cm³/mol. The van der Waals surface area contributed by atoms with Gasteiger partial charge in [0.2, 0.25) is 0 Å². The summed E-state index contributed by atoms with van der Waals surface area (Å²) in [5.41, 5.74) is 0.506. The maximum absolute atomic E-state index is 13.3. The molecule has 0 radical (unpaired) electrons. The van der Waals surface area contributed by atoms with Crippen LogP contribution in [0.4, 0.5) is 8.78 Å². The summed E-state index contributed by atoms with van der Waals surface area (Å²) in [7, 11) is 0. The van der Waals surface area contributed by atoms with Gasteiger partial charge in [0.1, 0.15) is 17.7 Å². The molecule has 1 aliphatic rings. The molecule has 2 atom stereocenters. The molecule has 0 aliphatic carbocycles. The number of aromatic nitrogens is 6. The Labute approximate surface area is 153 Å². The lowest BCUT2D eigenvalue weighted by atomic mass is 9.84. The lowest BCUT2D eigenvalue weighted by Crippen LogP contribution is -2.43. The zero-order valence-electron chi connectivity index (χ0n) is 14.5. The van der Waals surface area contributed by atoms with E-state index in [2.05, 4.69) is 25.0 Å². The van der Waals surface area contributed by atoms with Gasteiger partial charge in [-0.15, -0.1) is 0 Å². The molecule has 0 saturated carbocycles. The van der Waals surface area contributed by atoms with E-state index in [0.29, 0.717) is 18.8 Å². The fraction of sp³-hybridized carbons (Fsp3) is 0.412. The van der Waals surface area contributed by atoms with Gasteiger partial charge < -0.3 is 4.90 Å². The van der Waals surface area contributed by atoms with Gasteiger partial charge in [0.15, 0.2) is 0 Å². The van der Waals surface area contributed by atoms with Gasteiger partial charge >= 0.3 is 0 Å². The first-order valence-electron chi connectivity index (χ1n) is 8.58. The fourth-order valence-corrected chi connectivity index (χ4v) is 3.44. The third kappa shape index (κ3) is 3.22. The summed E-state index contributed by atoms with van der Waals surface area (Å²) in [5, 5.41) is 4.13. The van der Waals surface area contributed by atoms with Crippen LogP contribution in [0.2, 0.25) is 0 Å². The highest BCUT2D eigenvalue weighted by atomic mass is 19.3. The Kier molecular flexibility index (Phi) is 4.46. The van der Waals surface area contributed by atoms with Crippen LogP contribution in [0.5, 0.6) is 0 Å². The molecule has 1 aliphatic heterocycles. The van der Waals surface area contributed by atoms with Crippen LogP contribution in [0.15, 0.2) is 31.0 Å². The number of alkyl halides is 2. The number of carbonyl (C=O) groups is 1. The van der Waals surface area contributed by atoms with Crippen molar-refractivity contribution in [2.45, 2.75) is 25.7 Å². The summed E-state index contributed by atoms with van der Waals surface area (Å²) in [5.74, 6) is -0.0920. The zero-order chi connectivity index (χ0) is 19.0. The summed E-state index contributed by atoms with van der Waals surface area (Å²) in [6.07, 6.45) is 3.71. The molecule has 3 aromatic rings. The average Bonchev–Trinajstić information content (AvgIpc) is 3.16. The van der Waals surface area contributed by atoms with Crippen LogP contribution in [-0.2, 0) is 0 Å². The van der Waals surface area contributed by atoms with Crippen LogP contribution in [0.25, 0.3) is 5.78 Å². The fourth-order valence-electron chi connectivity index (χ4n) is 3.44. The minimum absolute atomic E-state index is 0.132. The lowest BCUT2D eigenvalue weighted by Gasteiger charge is -2.37. The number of fused-ring (bicyclic) bond motifs is 1. The minimum atomic E-state index is -2.71. The maximum Gasteiger partial charge on any atom is 0.280 e. The van der Waals surface area contributed by atoms with Crippen molar-refractivity contribution in [2.24, 2.45) is 5.92 Å². The Morgan fingerprint density at radius 2 is 2.15 bits per heavy atom.